The number of ether oxygens (including phenoxy) is 1. The third-order valence-electron chi connectivity index (χ3n) is 4.27. The van der Waals surface area contributed by atoms with Gasteiger partial charge in [0.1, 0.15) is 11.9 Å². The summed E-state index contributed by atoms with van der Waals surface area (Å²) in [4.78, 5) is 6.24. The van der Waals surface area contributed by atoms with E-state index in [-0.39, 0.29) is 17.6 Å². The largest absolute Gasteiger partial charge is 0.486 e. The first kappa shape index (κ1) is 17.0. The van der Waals surface area contributed by atoms with Gasteiger partial charge in [0, 0.05) is 43.5 Å². The summed E-state index contributed by atoms with van der Waals surface area (Å²) in [6, 6.07) is 7.83. The molecule has 0 saturated heterocycles. The maximum Gasteiger partial charge on any atom is 0.151 e. The fraction of sp³-hybridized carbons (Fsp3) is 0.471. The van der Waals surface area contributed by atoms with Crippen LogP contribution in [0.2, 0.25) is 0 Å². The van der Waals surface area contributed by atoms with Gasteiger partial charge >= 0.3 is 0 Å². The Hall–Kier alpha value is -1.86. The first-order chi connectivity index (χ1) is 11.6. The van der Waals surface area contributed by atoms with Crippen molar-refractivity contribution in [2.45, 2.75) is 26.1 Å². The highest BCUT2D eigenvalue weighted by molar-refractivity contribution is 7.91. The lowest BCUT2D eigenvalue weighted by Crippen LogP contribution is -2.37. The number of aromatic nitrogens is 2. The Bertz CT molecular complexity index is 758. The van der Waals surface area contributed by atoms with E-state index in [9.17, 15) is 8.42 Å². The smallest absolute Gasteiger partial charge is 0.151 e. The molecule has 0 radical (unpaired) electrons. The molecule has 3 rings (SSSR count). The lowest BCUT2D eigenvalue weighted by atomic mass is 10.3. The Morgan fingerprint density at radius 1 is 1.29 bits per heavy atom. The van der Waals surface area contributed by atoms with Crippen LogP contribution in [0.3, 0.4) is 0 Å². The zero-order valence-corrected chi connectivity index (χ0v) is 14.7. The highest BCUT2D eigenvalue weighted by Gasteiger charge is 2.24. The highest BCUT2D eigenvalue weighted by Crippen LogP contribution is 2.18. The Morgan fingerprint density at radius 3 is 2.92 bits per heavy atom. The molecule has 0 spiro atoms. The molecular formula is C17H23N3O3S. The molecule has 130 valence electrons. The van der Waals surface area contributed by atoms with Crippen LogP contribution in [0.1, 0.15) is 12.6 Å². The zero-order chi connectivity index (χ0) is 17.0. The van der Waals surface area contributed by atoms with Gasteiger partial charge < -0.3 is 9.30 Å². The Kier molecular flexibility index (Phi) is 5.20. The summed E-state index contributed by atoms with van der Waals surface area (Å²) >= 11 is 0. The Balaban J connectivity index is 1.73. The van der Waals surface area contributed by atoms with Crippen molar-refractivity contribution >= 4 is 9.84 Å². The molecule has 0 aliphatic carbocycles. The fourth-order valence-corrected chi connectivity index (χ4v) is 3.72. The van der Waals surface area contributed by atoms with E-state index in [2.05, 4.69) is 20.5 Å². The lowest BCUT2D eigenvalue weighted by molar-refractivity contribution is 0.131. The summed E-state index contributed by atoms with van der Waals surface area (Å²) in [6.45, 7) is 4.38. The van der Waals surface area contributed by atoms with Crippen LogP contribution in [0, 0.1) is 0 Å². The lowest BCUT2D eigenvalue weighted by Gasteiger charge is -2.24. The number of fused-ring (bicyclic) bond motifs is 1. The average molecular weight is 349 g/mol. The van der Waals surface area contributed by atoms with Crippen LogP contribution in [0.25, 0.3) is 0 Å². The van der Waals surface area contributed by atoms with E-state index in [0.717, 1.165) is 18.8 Å². The standard InChI is InChI=1S/C17H23N3O3S/c1-2-24(21,22)10-9-19-12-15-5-4-8-20(15)14-17(13-19)23-16-6-3-7-18-11-16/h3-8,11,17H,2,9-10,12-14H2,1H3. The van der Waals surface area contributed by atoms with Gasteiger partial charge in [-0.05, 0) is 24.3 Å². The van der Waals surface area contributed by atoms with Crippen LogP contribution in [0.4, 0.5) is 0 Å². The van der Waals surface area contributed by atoms with Gasteiger partial charge in [-0.3, -0.25) is 9.88 Å². The summed E-state index contributed by atoms with van der Waals surface area (Å²) in [7, 11) is -2.97. The predicted octanol–water partition coefficient (Wildman–Crippen LogP) is 1.58. The van der Waals surface area contributed by atoms with Gasteiger partial charge in [-0.25, -0.2) is 8.42 Å². The van der Waals surface area contributed by atoms with Gasteiger partial charge in [0.05, 0.1) is 18.5 Å². The molecule has 7 heteroatoms. The molecule has 0 N–H and O–H groups in total. The number of pyridine rings is 1. The van der Waals surface area contributed by atoms with Crippen LogP contribution in [0.5, 0.6) is 5.75 Å². The van der Waals surface area contributed by atoms with Crippen molar-refractivity contribution in [3.63, 3.8) is 0 Å². The van der Waals surface area contributed by atoms with Crippen molar-refractivity contribution in [1.82, 2.24) is 14.5 Å². The van der Waals surface area contributed by atoms with Gasteiger partial charge in [0.15, 0.2) is 9.84 Å². The topological polar surface area (TPSA) is 64.4 Å². The predicted molar refractivity (Wildman–Crippen MR) is 92.7 cm³/mol. The van der Waals surface area contributed by atoms with Crippen molar-refractivity contribution in [1.29, 1.82) is 0 Å². The molecule has 0 aromatic carbocycles. The third kappa shape index (κ3) is 4.36. The van der Waals surface area contributed by atoms with Gasteiger partial charge in [-0.1, -0.05) is 6.92 Å². The molecule has 1 aliphatic heterocycles. The average Bonchev–Trinajstić information content (AvgIpc) is 2.93. The van der Waals surface area contributed by atoms with E-state index in [1.165, 1.54) is 5.69 Å². The third-order valence-corrected chi connectivity index (χ3v) is 5.95. The molecule has 24 heavy (non-hydrogen) atoms. The van der Waals surface area contributed by atoms with Crippen LogP contribution < -0.4 is 4.74 Å². The first-order valence-electron chi connectivity index (χ1n) is 8.19. The quantitative estimate of drug-likeness (QED) is 0.792. The Morgan fingerprint density at radius 2 is 2.17 bits per heavy atom. The minimum atomic E-state index is -2.97. The van der Waals surface area contributed by atoms with Crippen molar-refractivity contribution < 1.29 is 13.2 Å². The minimum Gasteiger partial charge on any atom is -0.486 e. The molecule has 3 heterocycles. The number of hydrogen-bond donors (Lipinski definition) is 0. The van der Waals surface area contributed by atoms with Crippen LogP contribution in [-0.2, 0) is 22.9 Å². The number of hydrogen-bond acceptors (Lipinski definition) is 5. The molecule has 1 unspecified atom stereocenters. The van der Waals surface area contributed by atoms with E-state index in [1.54, 1.807) is 19.3 Å². The van der Waals surface area contributed by atoms with Crippen molar-refractivity contribution in [3.05, 3.63) is 48.5 Å². The second-order valence-electron chi connectivity index (χ2n) is 6.05. The summed E-state index contributed by atoms with van der Waals surface area (Å²) in [5.74, 6) is 1.11. The van der Waals surface area contributed by atoms with E-state index >= 15 is 0 Å². The van der Waals surface area contributed by atoms with Gasteiger partial charge in [-0.15, -0.1) is 0 Å². The number of nitrogens with zero attached hydrogens (tertiary/aromatic N) is 3. The van der Waals surface area contributed by atoms with E-state index in [0.29, 0.717) is 13.1 Å². The maximum atomic E-state index is 11.8. The summed E-state index contributed by atoms with van der Waals surface area (Å²) in [6.07, 6.45) is 5.41. The second-order valence-corrected chi connectivity index (χ2v) is 8.52. The van der Waals surface area contributed by atoms with Crippen LogP contribution in [0.15, 0.2) is 42.9 Å². The summed E-state index contributed by atoms with van der Waals surface area (Å²) in [5.41, 5.74) is 1.18. The Labute approximate surface area is 143 Å². The summed E-state index contributed by atoms with van der Waals surface area (Å²) < 4.78 is 31.9. The van der Waals surface area contributed by atoms with Gasteiger partial charge in [-0.2, -0.15) is 0 Å². The van der Waals surface area contributed by atoms with E-state index in [4.69, 9.17) is 4.74 Å². The molecule has 6 nitrogen and oxygen atoms in total. The molecule has 2 aromatic heterocycles. The van der Waals surface area contributed by atoms with Crippen molar-refractivity contribution in [2.24, 2.45) is 0 Å². The normalized spacial score (nSPS) is 18.8. The minimum absolute atomic E-state index is 0.0489. The number of sulfone groups is 1. The monoisotopic (exact) mass is 349 g/mol. The molecular weight excluding hydrogens is 326 g/mol. The molecule has 0 saturated carbocycles. The molecule has 0 amide bonds. The fourth-order valence-electron chi connectivity index (χ4n) is 2.90. The SMILES string of the molecule is CCS(=O)(=O)CCN1Cc2cccn2CC(Oc2cccnc2)C1. The molecule has 1 atom stereocenters. The van der Waals surface area contributed by atoms with Crippen molar-refractivity contribution in [2.75, 3.05) is 24.6 Å². The molecule has 2 aromatic rings. The first-order valence-corrected chi connectivity index (χ1v) is 10.0. The second kappa shape index (κ2) is 7.36. The zero-order valence-electron chi connectivity index (χ0n) is 13.8. The van der Waals surface area contributed by atoms with Gasteiger partial charge in [0.25, 0.3) is 0 Å². The molecule has 1 aliphatic rings. The molecule has 0 bridgehead atoms. The maximum absolute atomic E-state index is 11.8. The van der Waals surface area contributed by atoms with Crippen LogP contribution >= 0.6 is 0 Å². The summed E-state index contributed by atoms with van der Waals surface area (Å²) in [5, 5.41) is 0. The van der Waals surface area contributed by atoms with Crippen molar-refractivity contribution in [3.8, 4) is 5.75 Å². The van der Waals surface area contributed by atoms with Crippen LogP contribution in [-0.4, -0.2) is 53.6 Å². The van der Waals surface area contributed by atoms with E-state index < -0.39 is 9.84 Å². The number of rotatable bonds is 6. The van der Waals surface area contributed by atoms with E-state index in [1.807, 2.05) is 24.4 Å². The highest BCUT2D eigenvalue weighted by atomic mass is 32.2. The van der Waals surface area contributed by atoms with Gasteiger partial charge in [0.2, 0.25) is 0 Å². The molecule has 0 fully saturated rings.